The number of nitrogens with zero attached hydrogens (tertiary/aromatic N) is 2. The predicted molar refractivity (Wildman–Crippen MR) is 85.2 cm³/mol. The summed E-state index contributed by atoms with van der Waals surface area (Å²) < 4.78 is 11.1. The molecule has 0 atom stereocenters. The molecule has 1 aromatic carbocycles. The molecule has 0 aromatic heterocycles. The quantitative estimate of drug-likeness (QED) is 0.528. The van der Waals surface area contributed by atoms with E-state index in [0.717, 1.165) is 49.0 Å². The van der Waals surface area contributed by atoms with Crippen molar-refractivity contribution >= 4 is 5.71 Å². The van der Waals surface area contributed by atoms with Gasteiger partial charge in [-0.25, -0.2) is 0 Å². The maximum atomic E-state index is 9.35. The first-order chi connectivity index (χ1) is 10.8. The van der Waals surface area contributed by atoms with Gasteiger partial charge in [0.2, 0.25) is 0 Å². The molecule has 0 saturated carbocycles. The van der Waals surface area contributed by atoms with Crippen LogP contribution in [0.25, 0.3) is 0 Å². The molecule has 1 aromatic rings. The van der Waals surface area contributed by atoms with E-state index in [1.54, 1.807) is 0 Å². The lowest BCUT2D eigenvalue weighted by Gasteiger charge is -2.30. The summed E-state index contributed by atoms with van der Waals surface area (Å²) in [5, 5.41) is 12.9. The van der Waals surface area contributed by atoms with Gasteiger partial charge in [-0.2, -0.15) is 0 Å². The van der Waals surface area contributed by atoms with E-state index in [0.29, 0.717) is 18.9 Å². The van der Waals surface area contributed by atoms with E-state index in [1.165, 1.54) is 12.8 Å². The summed E-state index contributed by atoms with van der Waals surface area (Å²) >= 11 is 0. The number of ether oxygens (including phenoxy) is 2. The van der Waals surface area contributed by atoms with Crippen molar-refractivity contribution in [1.29, 1.82) is 0 Å². The number of hydrogen-bond acceptors (Lipinski definition) is 5. The van der Waals surface area contributed by atoms with Crippen molar-refractivity contribution in [3.8, 4) is 11.5 Å². The van der Waals surface area contributed by atoms with Crippen LogP contribution in [0.1, 0.15) is 31.7 Å². The van der Waals surface area contributed by atoms with Crippen LogP contribution >= 0.6 is 0 Å². The lowest BCUT2D eigenvalue weighted by Crippen LogP contribution is -2.34. The first-order valence-electron chi connectivity index (χ1n) is 8.09. The molecule has 1 N–H and O–H groups in total. The van der Waals surface area contributed by atoms with Gasteiger partial charge >= 0.3 is 0 Å². The van der Waals surface area contributed by atoms with E-state index >= 15 is 0 Å². The maximum absolute atomic E-state index is 9.35. The zero-order valence-electron chi connectivity index (χ0n) is 13.1. The summed E-state index contributed by atoms with van der Waals surface area (Å²) in [4.78, 5) is 2.45. The van der Waals surface area contributed by atoms with Gasteiger partial charge in [-0.15, -0.1) is 0 Å². The van der Waals surface area contributed by atoms with Gasteiger partial charge in [0.1, 0.15) is 13.2 Å². The molecule has 0 bridgehead atoms. The lowest BCUT2D eigenvalue weighted by molar-refractivity contribution is 0.171. The Hall–Kier alpha value is -1.75. The minimum Gasteiger partial charge on any atom is -0.486 e. The summed E-state index contributed by atoms with van der Waals surface area (Å²) in [5.74, 6) is 2.33. The molecule has 0 spiro atoms. The molecule has 0 radical (unpaired) electrons. The van der Waals surface area contributed by atoms with E-state index in [-0.39, 0.29) is 0 Å². The van der Waals surface area contributed by atoms with Crippen molar-refractivity contribution in [1.82, 2.24) is 4.90 Å². The van der Waals surface area contributed by atoms with Gasteiger partial charge in [0.25, 0.3) is 0 Å². The van der Waals surface area contributed by atoms with Crippen LogP contribution in [-0.2, 0) is 0 Å². The van der Waals surface area contributed by atoms with E-state index < -0.39 is 0 Å². The predicted octanol–water partition coefficient (Wildman–Crippen LogP) is 2.76. The normalized spacial score (nSPS) is 20.1. The van der Waals surface area contributed by atoms with Gasteiger partial charge in [0.15, 0.2) is 11.5 Å². The van der Waals surface area contributed by atoms with Gasteiger partial charge in [-0.3, -0.25) is 0 Å². The molecule has 3 rings (SSSR count). The van der Waals surface area contributed by atoms with Gasteiger partial charge in [0, 0.05) is 18.5 Å². The smallest absolute Gasteiger partial charge is 0.162 e. The maximum Gasteiger partial charge on any atom is 0.162 e. The first kappa shape index (κ1) is 15.2. The standard InChI is InChI=1S/C17H24N2O3/c1-13-4-7-19(8-5-13)9-6-15(18-20)14-2-3-16-17(12-14)22-11-10-21-16/h2-3,12-13,20H,4-11H2,1H3/b18-15-. The second-order valence-corrected chi connectivity index (χ2v) is 6.18. The Morgan fingerprint density at radius 3 is 2.68 bits per heavy atom. The van der Waals surface area contributed by atoms with E-state index in [1.807, 2.05) is 18.2 Å². The Morgan fingerprint density at radius 2 is 1.95 bits per heavy atom. The van der Waals surface area contributed by atoms with Gasteiger partial charge in [-0.05, 0) is 50.0 Å². The van der Waals surface area contributed by atoms with Crippen molar-refractivity contribution in [2.24, 2.45) is 11.1 Å². The molecule has 5 nitrogen and oxygen atoms in total. The van der Waals surface area contributed by atoms with Crippen LogP contribution in [0, 0.1) is 5.92 Å². The molecule has 0 amide bonds. The highest BCUT2D eigenvalue weighted by Gasteiger charge is 2.18. The van der Waals surface area contributed by atoms with Gasteiger partial charge in [-0.1, -0.05) is 12.1 Å². The fraction of sp³-hybridized carbons (Fsp3) is 0.588. The Labute approximate surface area is 131 Å². The topological polar surface area (TPSA) is 54.3 Å². The molecule has 0 unspecified atom stereocenters. The molecule has 22 heavy (non-hydrogen) atoms. The molecular formula is C17H24N2O3. The third-order valence-corrected chi connectivity index (χ3v) is 4.54. The van der Waals surface area contributed by atoms with Crippen molar-refractivity contribution in [3.05, 3.63) is 23.8 Å². The molecule has 2 heterocycles. The highest BCUT2D eigenvalue weighted by Crippen LogP contribution is 2.31. The number of oxime groups is 1. The third-order valence-electron chi connectivity index (χ3n) is 4.54. The fourth-order valence-corrected chi connectivity index (χ4v) is 3.02. The Morgan fingerprint density at radius 1 is 1.23 bits per heavy atom. The zero-order valence-corrected chi connectivity index (χ0v) is 13.1. The summed E-state index contributed by atoms with van der Waals surface area (Å²) in [6, 6.07) is 5.72. The van der Waals surface area contributed by atoms with Crippen LogP contribution < -0.4 is 9.47 Å². The highest BCUT2D eigenvalue weighted by molar-refractivity contribution is 6.00. The fourth-order valence-electron chi connectivity index (χ4n) is 3.02. The molecule has 0 aliphatic carbocycles. The average molecular weight is 304 g/mol. The number of benzene rings is 1. The Bertz CT molecular complexity index is 537. The lowest BCUT2D eigenvalue weighted by atomic mass is 9.98. The van der Waals surface area contributed by atoms with Crippen LogP contribution in [-0.4, -0.2) is 48.7 Å². The Balaban J connectivity index is 1.62. The van der Waals surface area contributed by atoms with Crippen molar-refractivity contribution in [3.63, 3.8) is 0 Å². The van der Waals surface area contributed by atoms with E-state index in [9.17, 15) is 5.21 Å². The highest BCUT2D eigenvalue weighted by atomic mass is 16.6. The number of hydrogen-bond donors (Lipinski definition) is 1. The monoisotopic (exact) mass is 304 g/mol. The SMILES string of the molecule is CC1CCN(CC/C(=N/O)c2ccc3c(c2)OCCO3)CC1. The van der Waals surface area contributed by atoms with Crippen LogP contribution in [0.5, 0.6) is 11.5 Å². The van der Waals surface area contributed by atoms with Crippen molar-refractivity contribution < 1.29 is 14.7 Å². The number of fused-ring (bicyclic) bond motifs is 1. The van der Waals surface area contributed by atoms with Crippen molar-refractivity contribution in [2.75, 3.05) is 32.8 Å². The molecule has 5 heteroatoms. The number of rotatable bonds is 4. The number of piperidine rings is 1. The van der Waals surface area contributed by atoms with Crippen LogP contribution in [0.3, 0.4) is 0 Å². The zero-order chi connectivity index (χ0) is 15.4. The summed E-state index contributed by atoms with van der Waals surface area (Å²) in [6.45, 7) is 6.67. The Kier molecular flexibility index (Phi) is 4.83. The van der Waals surface area contributed by atoms with E-state index in [4.69, 9.17) is 9.47 Å². The minimum absolute atomic E-state index is 0.564. The summed E-state index contributed by atoms with van der Waals surface area (Å²) in [6.07, 6.45) is 3.26. The summed E-state index contributed by atoms with van der Waals surface area (Å²) in [5.41, 5.74) is 1.60. The first-order valence-corrected chi connectivity index (χ1v) is 8.09. The molecule has 2 aliphatic heterocycles. The second-order valence-electron chi connectivity index (χ2n) is 6.18. The number of likely N-dealkylation sites (tertiary alicyclic amines) is 1. The van der Waals surface area contributed by atoms with Crippen LogP contribution in [0.15, 0.2) is 23.4 Å². The average Bonchev–Trinajstić information content (AvgIpc) is 2.57. The molecule has 1 fully saturated rings. The van der Waals surface area contributed by atoms with Crippen LogP contribution in [0.4, 0.5) is 0 Å². The largest absolute Gasteiger partial charge is 0.486 e. The summed E-state index contributed by atoms with van der Waals surface area (Å²) in [7, 11) is 0. The molecular weight excluding hydrogens is 280 g/mol. The van der Waals surface area contributed by atoms with Crippen LogP contribution in [0.2, 0.25) is 0 Å². The van der Waals surface area contributed by atoms with Gasteiger partial charge < -0.3 is 19.6 Å². The van der Waals surface area contributed by atoms with Crippen molar-refractivity contribution in [2.45, 2.75) is 26.2 Å². The minimum atomic E-state index is 0.564. The molecule has 120 valence electrons. The molecule has 2 aliphatic rings. The van der Waals surface area contributed by atoms with E-state index in [2.05, 4.69) is 17.0 Å². The third kappa shape index (κ3) is 3.53. The van der Waals surface area contributed by atoms with Gasteiger partial charge in [0.05, 0.1) is 5.71 Å². The molecule has 1 saturated heterocycles. The second kappa shape index (κ2) is 7.01.